The van der Waals surface area contributed by atoms with Crippen LogP contribution in [0, 0.1) is 17.5 Å². The Balaban J connectivity index is 1.51. The van der Waals surface area contributed by atoms with Crippen molar-refractivity contribution in [2.75, 3.05) is 23.3 Å². The van der Waals surface area contributed by atoms with Gasteiger partial charge in [-0.2, -0.15) is 0 Å². The number of anilines is 2. The Kier molecular flexibility index (Phi) is 5.66. The van der Waals surface area contributed by atoms with Gasteiger partial charge in [0.05, 0.1) is 23.7 Å². The summed E-state index contributed by atoms with van der Waals surface area (Å²) >= 11 is 0. The van der Waals surface area contributed by atoms with E-state index in [-0.39, 0.29) is 11.6 Å². The van der Waals surface area contributed by atoms with Crippen LogP contribution in [0.25, 0.3) is 5.57 Å². The average molecular weight is 425 g/mol. The molecule has 0 aliphatic carbocycles. The number of hydrogen-bond donors (Lipinski definition) is 1. The predicted molar refractivity (Wildman–Crippen MR) is 110 cm³/mol. The maximum atomic E-state index is 14.1. The minimum absolute atomic E-state index is 0.0964. The first-order valence-corrected chi connectivity index (χ1v) is 9.55. The fraction of sp³-hybridized carbons (Fsp3) is 0.182. The number of nitrogens with one attached hydrogen (secondary N) is 1. The van der Waals surface area contributed by atoms with Gasteiger partial charge in [-0.1, -0.05) is 5.57 Å². The third-order valence-corrected chi connectivity index (χ3v) is 5.04. The highest BCUT2D eigenvalue weighted by Gasteiger charge is 2.22. The minimum Gasteiger partial charge on any atom is -0.349 e. The number of amides is 1. The maximum absolute atomic E-state index is 14.1. The van der Waals surface area contributed by atoms with Gasteiger partial charge in [-0.25, -0.2) is 23.1 Å². The number of carbonyl (C=O) groups excluding carboxylic acids is 1. The highest BCUT2D eigenvalue weighted by molar-refractivity contribution is 6.03. The van der Waals surface area contributed by atoms with Crippen molar-refractivity contribution < 1.29 is 18.0 Å². The lowest BCUT2D eigenvalue weighted by atomic mass is 9.99. The second kappa shape index (κ2) is 8.55. The number of halogens is 3. The molecule has 3 heterocycles. The molecule has 2 aromatic heterocycles. The Morgan fingerprint density at radius 2 is 1.90 bits per heavy atom. The van der Waals surface area contributed by atoms with Crippen molar-refractivity contribution in [1.82, 2.24) is 15.0 Å². The largest absolute Gasteiger partial charge is 0.349 e. The van der Waals surface area contributed by atoms with Crippen LogP contribution >= 0.6 is 0 Å². The SMILES string of the molecule is CC1=C(c2cnc(NC(=O)c3cc(F)ccc3F)cn2)CN(c2ncccc2F)CC1. The normalized spacial score (nSPS) is 14.0. The lowest BCUT2D eigenvalue weighted by Gasteiger charge is -2.30. The zero-order chi connectivity index (χ0) is 22.0. The molecular weight excluding hydrogens is 407 g/mol. The highest BCUT2D eigenvalue weighted by Crippen LogP contribution is 2.29. The number of nitrogens with zero attached hydrogens (tertiary/aromatic N) is 4. The van der Waals surface area contributed by atoms with E-state index in [1.807, 2.05) is 11.8 Å². The Morgan fingerprint density at radius 3 is 2.65 bits per heavy atom. The second-order valence-electron chi connectivity index (χ2n) is 7.10. The quantitative estimate of drug-likeness (QED) is 0.678. The molecule has 1 aliphatic heterocycles. The van der Waals surface area contributed by atoms with Crippen LogP contribution in [-0.2, 0) is 0 Å². The van der Waals surface area contributed by atoms with Crippen molar-refractivity contribution in [1.29, 1.82) is 0 Å². The fourth-order valence-electron chi connectivity index (χ4n) is 3.35. The Labute approximate surface area is 176 Å². The van der Waals surface area contributed by atoms with Gasteiger partial charge >= 0.3 is 0 Å². The molecule has 0 bridgehead atoms. The predicted octanol–water partition coefficient (Wildman–Crippen LogP) is 4.23. The van der Waals surface area contributed by atoms with Crippen LogP contribution < -0.4 is 10.2 Å². The topological polar surface area (TPSA) is 71.0 Å². The zero-order valence-corrected chi connectivity index (χ0v) is 16.6. The molecule has 1 amide bonds. The zero-order valence-electron chi connectivity index (χ0n) is 16.6. The molecule has 31 heavy (non-hydrogen) atoms. The second-order valence-corrected chi connectivity index (χ2v) is 7.10. The molecule has 6 nitrogen and oxygen atoms in total. The summed E-state index contributed by atoms with van der Waals surface area (Å²) in [5.41, 5.74) is 2.14. The van der Waals surface area contributed by atoms with Gasteiger partial charge in [0.1, 0.15) is 11.6 Å². The first-order chi connectivity index (χ1) is 14.9. The van der Waals surface area contributed by atoms with Gasteiger partial charge in [-0.05, 0) is 49.2 Å². The molecular formula is C22H18F3N5O. The maximum Gasteiger partial charge on any atom is 0.259 e. The van der Waals surface area contributed by atoms with Gasteiger partial charge in [0.2, 0.25) is 0 Å². The van der Waals surface area contributed by atoms with Gasteiger partial charge in [0.25, 0.3) is 5.91 Å². The molecule has 1 aliphatic rings. The van der Waals surface area contributed by atoms with Crippen molar-refractivity contribution in [2.24, 2.45) is 0 Å². The molecule has 0 saturated carbocycles. The standard InChI is InChI=1S/C22H18F3N5O/c1-13-6-8-30(21-18(25)3-2-7-26-21)12-16(13)19-10-28-20(11-27-19)29-22(31)15-9-14(23)4-5-17(15)24/h2-5,7,9-11H,6,8,12H2,1H3,(H,28,29,31). The minimum atomic E-state index is -0.840. The number of aromatic nitrogens is 3. The van der Waals surface area contributed by atoms with Crippen molar-refractivity contribution in [2.45, 2.75) is 13.3 Å². The number of benzene rings is 1. The summed E-state index contributed by atoms with van der Waals surface area (Å²) in [6.45, 7) is 3.02. The van der Waals surface area contributed by atoms with Gasteiger partial charge in [0.15, 0.2) is 17.5 Å². The highest BCUT2D eigenvalue weighted by atomic mass is 19.1. The van der Waals surface area contributed by atoms with E-state index in [0.717, 1.165) is 29.3 Å². The first-order valence-electron chi connectivity index (χ1n) is 9.55. The van der Waals surface area contributed by atoms with Crippen LogP contribution in [0.2, 0.25) is 0 Å². The van der Waals surface area contributed by atoms with Gasteiger partial charge in [-0.3, -0.25) is 9.78 Å². The van der Waals surface area contributed by atoms with Crippen LogP contribution in [0.1, 0.15) is 29.4 Å². The van der Waals surface area contributed by atoms with E-state index >= 15 is 0 Å². The summed E-state index contributed by atoms with van der Waals surface area (Å²) in [6, 6.07) is 5.54. The number of pyridine rings is 1. The first kappa shape index (κ1) is 20.5. The molecule has 0 fully saturated rings. The molecule has 4 rings (SSSR count). The van der Waals surface area contributed by atoms with E-state index in [9.17, 15) is 18.0 Å². The van der Waals surface area contributed by atoms with Crippen molar-refractivity contribution in [3.63, 3.8) is 0 Å². The summed E-state index contributed by atoms with van der Waals surface area (Å²) in [5.74, 6) is -2.41. The molecule has 3 aromatic rings. The van der Waals surface area contributed by atoms with Crippen LogP contribution in [0.3, 0.4) is 0 Å². The Morgan fingerprint density at radius 1 is 1.06 bits per heavy atom. The molecule has 9 heteroatoms. The fourth-order valence-corrected chi connectivity index (χ4v) is 3.35. The van der Waals surface area contributed by atoms with Crippen LogP contribution in [0.15, 0.2) is 54.5 Å². The molecule has 0 spiro atoms. The molecule has 1 aromatic carbocycles. The van der Waals surface area contributed by atoms with Crippen molar-refractivity contribution >= 4 is 23.1 Å². The van der Waals surface area contributed by atoms with E-state index < -0.39 is 28.9 Å². The molecule has 0 radical (unpaired) electrons. The summed E-state index contributed by atoms with van der Waals surface area (Å²) in [6.07, 6.45) is 5.08. The number of carbonyl (C=O) groups is 1. The van der Waals surface area contributed by atoms with Gasteiger partial charge < -0.3 is 10.2 Å². The van der Waals surface area contributed by atoms with E-state index in [0.29, 0.717) is 25.2 Å². The Bertz CT molecular complexity index is 1160. The lowest BCUT2D eigenvalue weighted by molar-refractivity contribution is 0.102. The molecule has 0 atom stereocenters. The van der Waals surface area contributed by atoms with E-state index in [4.69, 9.17) is 0 Å². The smallest absolute Gasteiger partial charge is 0.259 e. The monoisotopic (exact) mass is 425 g/mol. The van der Waals surface area contributed by atoms with E-state index in [2.05, 4.69) is 20.3 Å². The van der Waals surface area contributed by atoms with Crippen LogP contribution in [0.4, 0.5) is 24.8 Å². The number of rotatable bonds is 4. The summed E-state index contributed by atoms with van der Waals surface area (Å²) in [7, 11) is 0. The van der Waals surface area contributed by atoms with Crippen LogP contribution in [-0.4, -0.2) is 33.9 Å². The molecule has 1 N–H and O–H groups in total. The van der Waals surface area contributed by atoms with E-state index in [1.165, 1.54) is 18.5 Å². The number of hydrogen-bond acceptors (Lipinski definition) is 5. The third-order valence-electron chi connectivity index (χ3n) is 5.04. The van der Waals surface area contributed by atoms with Crippen molar-refractivity contribution in [3.8, 4) is 0 Å². The summed E-state index contributed by atoms with van der Waals surface area (Å²) < 4.78 is 41.2. The average Bonchev–Trinajstić information content (AvgIpc) is 2.77. The molecule has 0 unspecified atom stereocenters. The molecule has 158 valence electrons. The van der Waals surface area contributed by atoms with Crippen LogP contribution in [0.5, 0.6) is 0 Å². The molecule has 0 saturated heterocycles. The Hall–Kier alpha value is -3.75. The van der Waals surface area contributed by atoms with E-state index in [1.54, 1.807) is 12.3 Å². The van der Waals surface area contributed by atoms with Crippen molar-refractivity contribution in [3.05, 3.63) is 83.2 Å². The van der Waals surface area contributed by atoms with Gasteiger partial charge in [-0.15, -0.1) is 0 Å². The summed E-state index contributed by atoms with van der Waals surface area (Å²) in [4.78, 5) is 26.7. The third kappa shape index (κ3) is 4.40. The summed E-state index contributed by atoms with van der Waals surface area (Å²) in [5, 5.41) is 2.40. The van der Waals surface area contributed by atoms with Gasteiger partial charge in [0, 0.05) is 19.3 Å². The lowest BCUT2D eigenvalue weighted by Crippen LogP contribution is -2.32.